The number of rotatable bonds is 11. The molecule has 0 aromatic heterocycles. The Kier molecular flexibility index (Phi) is 8.03. The second kappa shape index (κ2) is 8.93. The summed E-state index contributed by atoms with van der Waals surface area (Å²) in [4.78, 5) is 43.2. The van der Waals surface area contributed by atoms with Crippen molar-refractivity contribution in [3.63, 3.8) is 0 Å². The second-order valence-corrected chi connectivity index (χ2v) is 5.06. The van der Waals surface area contributed by atoms with E-state index in [4.69, 9.17) is 20.4 Å². The van der Waals surface area contributed by atoms with Crippen LogP contribution in [0.15, 0.2) is 0 Å². The zero-order valence-electron chi connectivity index (χ0n) is 11.7. The molecule has 0 saturated carbocycles. The van der Waals surface area contributed by atoms with E-state index in [-0.39, 0.29) is 32.1 Å². The van der Waals surface area contributed by atoms with Gasteiger partial charge in [-0.05, 0) is 25.7 Å². The van der Waals surface area contributed by atoms with Gasteiger partial charge in [0, 0.05) is 6.42 Å². The Morgan fingerprint density at radius 3 is 1.62 bits per heavy atom. The van der Waals surface area contributed by atoms with Crippen LogP contribution in [0.5, 0.6) is 0 Å². The highest BCUT2D eigenvalue weighted by Gasteiger charge is 2.27. The van der Waals surface area contributed by atoms with Crippen molar-refractivity contribution in [2.24, 2.45) is 17.8 Å². The van der Waals surface area contributed by atoms with Crippen molar-refractivity contribution < 1.29 is 39.6 Å². The molecule has 0 amide bonds. The topological polar surface area (TPSA) is 149 Å². The SMILES string of the molecule is CC(CC(CCC(CCC(=O)O)C(=O)O)C(=O)O)C(=O)O. The lowest BCUT2D eigenvalue weighted by atomic mass is 9.87. The Balaban J connectivity index is 4.55. The van der Waals surface area contributed by atoms with Crippen molar-refractivity contribution in [1.29, 1.82) is 0 Å². The normalized spacial score (nSPS) is 14.9. The van der Waals surface area contributed by atoms with Gasteiger partial charge >= 0.3 is 23.9 Å². The molecule has 0 aliphatic heterocycles. The molecular weight excluding hydrogens is 284 g/mol. The number of aliphatic carboxylic acids is 4. The molecular formula is C13H20O8. The average Bonchev–Trinajstić information content (AvgIpc) is 2.35. The molecule has 0 aliphatic rings. The van der Waals surface area contributed by atoms with Gasteiger partial charge in [0.25, 0.3) is 0 Å². The third-order valence-corrected chi connectivity index (χ3v) is 3.33. The average molecular weight is 304 g/mol. The van der Waals surface area contributed by atoms with E-state index in [2.05, 4.69) is 0 Å². The molecule has 0 fully saturated rings. The molecule has 0 spiro atoms. The lowest BCUT2D eigenvalue weighted by Crippen LogP contribution is -2.23. The molecule has 8 nitrogen and oxygen atoms in total. The smallest absolute Gasteiger partial charge is 0.306 e. The van der Waals surface area contributed by atoms with E-state index in [9.17, 15) is 19.2 Å². The van der Waals surface area contributed by atoms with Gasteiger partial charge in [-0.2, -0.15) is 0 Å². The van der Waals surface area contributed by atoms with Crippen molar-refractivity contribution in [1.82, 2.24) is 0 Å². The maximum atomic E-state index is 11.1. The summed E-state index contributed by atoms with van der Waals surface area (Å²) in [6.45, 7) is 1.39. The van der Waals surface area contributed by atoms with Crippen LogP contribution >= 0.6 is 0 Å². The van der Waals surface area contributed by atoms with E-state index in [0.717, 1.165) is 0 Å². The summed E-state index contributed by atoms with van der Waals surface area (Å²) in [5, 5.41) is 35.3. The molecule has 3 atom stereocenters. The molecule has 0 radical (unpaired) electrons. The number of carboxylic acids is 4. The van der Waals surface area contributed by atoms with Gasteiger partial charge < -0.3 is 20.4 Å². The lowest BCUT2D eigenvalue weighted by molar-refractivity contribution is -0.148. The first-order valence-corrected chi connectivity index (χ1v) is 6.55. The largest absolute Gasteiger partial charge is 0.481 e. The molecule has 0 heterocycles. The van der Waals surface area contributed by atoms with Crippen molar-refractivity contribution in [2.45, 2.75) is 39.0 Å². The first-order chi connectivity index (χ1) is 9.65. The van der Waals surface area contributed by atoms with Crippen LogP contribution in [0.1, 0.15) is 39.0 Å². The van der Waals surface area contributed by atoms with Crippen molar-refractivity contribution >= 4 is 23.9 Å². The predicted octanol–water partition coefficient (Wildman–Crippen LogP) is 1.14. The summed E-state index contributed by atoms with van der Waals surface area (Å²) in [7, 11) is 0. The molecule has 0 bridgehead atoms. The Bertz CT molecular complexity index is 403. The minimum absolute atomic E-state index is 0.00351. The Hall–Kier alpha value is -2.12. The monoisotopic (exact) mass is 304 g/mol. The van der Waals surface area contributed by atoms with Crippen LogP contribution in [0, 0.1) is 17.8 Å². The molecule has 0 rings (SSSR count). The van der Waals surface area contributed by atoms with Gasteiger partial charge in [0.15, 0.2) is 0 Å². The summed E-state index contributed by atoms with van der Waals surface area (Å²) >= 11 is 0. The second-order valence-electron chi connectivity index (χ2n) is 5.06. The summed E-state index contributed by atoms with van der Waals surface area (Å²) in [5.74, 6) is -7.31. The fraction of sp³-hybridized carbons (Fsp3) is 0.692. The van der Waals surface area contributed by atoms with E-state index in [1.165, 1.54) is 6.92 Å². The predicted molar refractivity (Wildman–Crippen MR) is 69.8 cm³/mol. The van der Waals surface area contributed by atoms with Gasteiger partial charge in [0.05, 0.1) is 17.8 Å². The van der Waals surface area contributed by atoms with Crippen LogP contribution in [0.4, 0.5) is 0 Å². The number of carbonyl (C=O) groups is 4. The minimum atomic E-state index is -1.18. The third-order valence-electron chi connectivity index (χ3n) is 3.33. The highest BCUT2D eigenvalue weighted by atomic mass is 16.4. The minimum Gasteiger partial charge on any atom is -0.481 e. The lowest BCUT2D eigenvalue weighted by Gasteiger charge is -2.17. The Labute approximate surface area is 121 Å². The van der Waals surface area contributed by atoms with Crippen LogP contribution in [0.3, 0.4) is 0 Å². The van der Waals surface area contributed by atoms with Gasteiger partial charge in [-0.3, -0.25) is 19.2 Å². The van der Waals surface area contributed by atoms with Gasteiger partial charge in [-0.1, -0.05) is 6.92 Å². The molecule has 0 aromatic rings. The highest BCUT2D eigenvalue weighted by molar-refractivity contribution is 5.74. The molecule has 120 valence electrons. The summed E-state index contributed by atoms with van der Waals surface area (Å²) in [6.07, 6.45) is -0.461. The van der Waals surface area contributed by atoms with E-state index >= 15 is 0 Å². The van der Waals surface area contributed by atoms with Crippen LogP contribution in [-0.4, -0.2) is 44.3 Å². The Morgan fingerprint density at radius 1 is 0.762 bits per heavy atom. The van der Waals surface area contributed by atoms with Crippen LogP contribution in [0.25, 0.3) is 0 Å². The van der Waals surface area contributed by atoms with Crippen molar-refractivity contribution in [2.75, 3.05) is 0 Å². The first-order valence-electron chi connectivity index (χ1n) is 6.55. The maximum absolute atomic E-state index is 11.1. The van der Waals surface area contributed by atoms with Crippen LogP contribution in [0.2, 0.25) is 0 Å². The molecule has 21 heavy (non-hydrogen) atoms. The fourth-order valence-corrected chi connectivity index (χ4v) is 1.96. The highest BCUT2D eigenvalue weighted by Crippen LogP contribution is 2.23. The molecule has 8 heteroatoms. The number of carboxylic acid groups (broad SMARTS) is 4. The zero-order valence-corrected chi connectivity index (χ0v) is 11.7. The summed E-state index contributed by atoms with van der Waals surface area (Å²) < 4.78 is 0. The van der Waals surface area contributed by atoms with Crippen LogP contribution in [-0.2, 0) is 19.2 Å². The molecule has 4 N–H and O–H groups in total. The summed E-state index contributed by atoms with van der Waals surface area (Å²) in [6, 6.07) is 0. The Morgan fingerprint density at radius 2 is 1.24 bits per heavy atom. The van der Waals surface area contributed by atoms with E-state index < -0.39 is 41.6 Å². The fourth-order valence-electron chi connectivity index (χ4n) is 1.96. The third kappa shape index (κ3) is 7.91. The van der Waals surface area contributed by atoms with Gasteiger partial charge in [-0.15, -0.1) is 0 Å². The van der Waals surface area contributed by atoms with E-state index in [1.807, 2.05) is 0 Å². The number of hydrogen-bond donors (Lipinski definition) is 4. The van der Waals surface area contributed by atoms with Gasteiger partial charge in [0.1, 0.15) is 0 Å². The van der Waals surface area contributed by atoms with Crippen molar-refractivity contribution in [3.05, 3.63) is 0 Å². The van der Waals surface area contributed by atoms with Crippen LogP contribution < -0.4 is 0 Å². The standard InChI is InChI=1S/C13H20O8/c1-7(11(16)17)6-9(13(20)21)3-2-8(12(18)19)4-5-10(14)15/h7-9H,2-6H2,1H3,(H,14,15)(H,16,17)(H,18,19)(H,20,21). The zero-order chi connectivity index (χ0) is 16.6. The molecule has 3 unspecified atom stereocenters. The molecule has 0 aliphatic carbocycles. The van der Waals surface area contributed by atoms with E-state index in [0.29, 0.717) is 0 Å². The molecule has 0 saturated heterocycles. The quantitative estimate of drug-likeness (QED) is 0.444. The van der Waals surface area contributed by atoms with E-state index in [1.54, 1.807) is 0 Å². The first kappa shape index (κ1) is 18.9. The van der Waals surface area contributed by atoms with Gasteiger partial charge in [-0.25, -0.2) is 0 Å². The maximum Gasteiger partial charge on any atom is 0.306 e. The van der Waals surface area contributed by atoms with Gasteiger partial charge in [0.2, 0.25) is 0 Å². The molecule has 0 aromatic carbocycles. The van der Waals surface area contributed by atoms with Crippen molar-refractivity contribution in [3.8, 4) is 0 Å². The number of hydrogen-bond acceptors (Lipinski definition) is 4. The summed E-state index contributed by atoms with van der Waals surface area (Å²) in [5.41, 5.74) is 0.